The number of thiazole rings is 1. The van der Waals surface area contributed by atoms with E-state index in [1.165, 1.54) is 4.88 Å². The number of aryl methyl sites for hydroxylation is 2. The van der Waals surface area contributed by atoms with E-state index in [9.17, 15) is 4.79 Å². The summed E-state index contributed by atoms with van der Waals surface area (Å²) in [6.07, 6.45) is 3.81. The van der Waals surface area contributed by atoms with Crippen molar-refractivity contribution in [3.63, 3.8) is 0 Å². The van der Waals surface area contributed by atoms with E-state index in [-0.39, 0.29) is 5.56 Å². The third kappa shape index (κ3) is 2.60. The molecule has 0 bridgehead atoms. The van der Waals surface area contributed by atoms with Crippen LogP contribution >= 0.6 is 23.1 Å². The summed E-state index contributed by atoms with van der Waals surface area (Å²) in [5.41, 5.74) is 4.96. The normalized spacial score (nSPS) is 13.7. The first kappa shape index (κ1) is 12.9. The second-order valence-corrected chi connectivity index (χ2v) is 6.42. The number of hydrogen-bond acceptors (Lipinski definition) is 5. The highest BCUT2D eigenvalue weighted by atomic mass is 32.2. The van der Waals surface area contributed by atoms with Gasteiger partial charge in [-0.15, -0.1) is 11.3 Å². The Morgan fingerprint density at radius 1 is 1.47 bits per heavy atom. The predicted molar refractivity (Wildman–Crippen MR) is 77.9 cm³/mol. The van der Waals surface area contributed by atoms with Crippen LogP contribution in [-0.4, -0.2) is 15.0 Å². The van der Waals surface area contributed by atoms with Crippen LogP contribution in [0.25, 0.3) is 0 Å². The Balaban J connectivity index is 1.78. The molecule has 0 radical (unpaired) electrons. The number of rotatable bonds is 4. The van der Waals surface area contributed by atoms with E-state index in [1.807, 2.05) is 5.51 Å². The molecule has 0 fully saturated rings. The minimum atomic E-state index is 0.0463. The molecule has 0 aliphatic heterocycles. The van der Waals surface area contributed by atoms with Gasteiger partial charge in [0.2, 0.25) is 0 Å². The van der Waals surface area contributed by atoms with E-state index in [0.29, 0.717) is 0 Å². The molecule has 3 rings (SSSR count). The first-order valence-corrected chi connectivity index (χ1v) is 8.30. The van der Waals surface area contributed by atoms with E-state index in [2.05, 4.69) is 21.9 Å². The summed E-state index contributed by atoms with van der Waals surface area (Å²) < 4.78 is 0. The quantitative estimate of drug-likeness (QED) is 0.695. The number of fused-ring (bicyclic) bond motifs is 1. The van der Waals surface area contributed by atoms with Gasteiger partial charge in [0.25, 0.3) is 5.56 Å². The van der Waals surface area contributed by atoms with Crippen LogP contribution in [-0.2, 0) is 25.0 Å². The number of nitrogens with one attached hydrogen (secondary N) is 1. The van der Waals surface area contributed by atoms with Crippen molar-refractivity contribution < 1.29 is 0 Å². The van der Waals surface area contributed by atoms with Crippen molar-refractivity contribution in [3.05, 3.63) is 37.7 Å². The van der Waals surface area contributed by atoms with Crippen LogP contribution in [0.2, 0.25) is 0 Å². The van der Waals surface area contributed by atoms with Crippen LogP contribution in [0.5, 0.6) is 0 Å². The Morgan fingerprint density at radius 2 is 2.37 bits per heavy atom. The molecule has 4 nitrogen and oxygen atoms in total. The summed E-state index contributed by atoms with van der Waals surface area (Å²) in [5.74, 6) is 0.829. The maximum Gasteiger partial charge on any atom is 0.254 e. The second kappa shape index (κ2) is 5.46. The third-order valence-electron chi connectivity index (χ3n) is 3.32. The van der Waals surface area contributed by atoms with Crippen molar-refractivity contribution in [2.24, 2.45) is 0 Å². The molecule has 0 saturated carbocycles. The molecule has 0 spiro atoms. The van der Waals surface area contributed by atoms with Gasteiger partial charge in [-0.25, -0.2) is 9.97 Å². The topological polar surface area (TPSA) is 58.6 Å². The lowest BCUT2D eigenvalue weighted by atomic mass is 10.3. The molecule has 19 heavy (non-hydrogen) atoms. The summed E-state index contributed by atoms with van der Waals surface area (Å²) in [6, 6.07) is 0. The van der Waals surface area contributed by atoms with Crippen LogP contribution in [0, 0.1) is 0 Å². The summed E-state index contributed by atoms with van der Waals surface area (Å²) in [5, 5.41) is 0.737. The lowest BCUT2D eigenvalue weighted by molar-refractivity contribution is 0.869. The van der Waals surface area contributed by atoms with Crippen molar-refractivity contribution in [1.29, 1.82) is 0 Å². The van der Waals surface area contributed by atoms with Crippen LogP contribution < -0.4 is 5.56 Å². The molecule has 0 amide bonds. The zero-order valence-corrected chi connectivity index (χ0v) is 12.4. The maximum absolute atomic E-state index is 11.9. The van der Waals surface area contributed by atoms with Crippen LogP contribution in [0.15, 0.2) is 15.5 Å². The minimum absolute atomic E-state index is 0.0463. The number of hydrogen-bond donors (Lipinski definition) is 1. The smallest absolute Gasteiger partial charge is 0.254 e. The zero-order valence-electron chi connectivity index (χ0n) is 10.7. The number of aromatic amines is 1. The SMILES string of the molecule is CCc1ncsc1CSc1nc2c(c(=O)[nH]1)CCC2. The molecule has 100 valence electrons. The predicted octanol–water partition coefficient (Wildman–Crippen LogP) is 2.57. The maximum atomic E-state index is 11.9. The van der Waals surface area contributed by atoms with E-state index in [4.69, 9.17) is 0 Å². The molecule has 1 N–H and O–H groups in total. The molecule has 2 aromatic rings. The van der Waals surface area contributed by atoms with Crippen molar-refractivity contribution >= 4 is 23.1 Å². The Hall–Kier alpha value is -1.14. The largest absolute Gasteiger partial charge is 0.301 e. The van der Waals surface area contributed by atoms with Crippen LogP contribution in [0.1, 0.15) is 35.2 Å². The molecule has 1 aliphatic carbocycles. The summed E-state index contributed by atoms with van der Waals surface area (Å²) in [4.78, 5) is 25.0. The second-order valence-electron chi connectivity index (χ2n) is 4.51. The summed E-state index contributed by atoms with van der Waals surface area (Å²) in [7, 11) is 0. The fourth-order valence-electron chi connectivity index (χ4n) is 2.32. The number of H-pyrrole nitrogens is 1. The lowest BCUT2D eigenvalue weighted by Gasteiger charge is -2.03. The number of thioether (sulfide) groups is 1. The van der Waals surface area contributed by atoms with E-state index in [0.717, 1.165) is 53.5 Å². The number of aromatic nitrogens is 3. The standard InChI is InChI=1S/C13H15N3OS2/c1-2-9-11(19-7-14-9)6-18-13-15-10-5-3-4-8(10)12(17)16-13/h7H,2-6H2,1H3,(H,15,16,17). The van der Waals surface area contributed by atoms with Gasteiger partial charge >= 0.3 is 0 Å². The molecule has 0 unspecified atom stereocenters. The molecule has 6 heteroatoms. The van der Waals surface area contributed by atoms with Crippen LogP contribution in [0.3, 0.4) is 0 Å². The van der Waals surface area contributed by atoms with Gasteiger partial charge in [-0.2, -0.15) is 0 Å². The summed E-state index contributed by atoms with van der Waals surface area (Å²) >= 11 is 3.26. The molecule has 0 atom stereocenters. The molecule has 1 aliphatic rings. The Morgan fingerprint density at radius 3 is 3.21 bits per heavy atom. The van der Waals surface area contributed by atoms with Gasteiger partial charge in [0.15, 0.2) is 5.16 Å². The lowest BCUT2D eigenvalue weighted by Crippen LogP contribution is -2.14. The molecule has 2 heterocycles. The molecular weight excluding hydrogens is 278 g/mol. The monoisotopic (exact) mass is 293 g/mol. The van der Waals surface area contributed by atoms with Gasteiger partial charge < -0.3 is 4.98 Å². The van der Waals surface area contributed by atoms with Gasteiger partial charge in [-0.05, 0) is 25.7 Å². The van der Waals surface area contributed by atoms with Gasteiger partial charge in [0.1, 0.15) is 0 Å². The van der Waals surface area contributed by atoms with E-state index in [1.54, 1.807) is 23.1 Å². The average Bonchev–Trinajstić information content (AvgIpc) is 3.04. The first-order valence-electron chi connectivity index (χ1n) is 6.44. The van der Waals surface area contributed by atoms with Gasteiger partial charge in [-0.1, -0.05) is 18.7 Å². The average molecular weight is 293 g/mol. The van der Waals surface area contributed by atoms with Crippen molar-refractivity contribution in [2.75, 3.05) is 0 Å². The minimum Gasteiger partial charge on any atom is -0.301 e. The summed E-state index contributed by atoms with van der Waals surface area (Å²) in [6.45, 7) is 2.11. The number of nitrogens with zero attached hydrogens (tertiary/aromatic N) is 2. The highest BCUT2D eigenvalue weighted by Gasteiger charge is 2.17. The van der Waals surface area contributed by atoms with Gasteiger partial charge in [0, 0.05) is 16.2 Å². The van der Waals surface area contributed by atoms with Crippen LogP contribution in [0.4, 0.5) is 0 Å². The van der Waals surface area contributed by atoms with E-state index >= 15 is 0 Å². The fourth-order valence-corrected chi connectivity index (χ4v) is 4.18. The Bertz CT molecular complexity index is 648. The molecule has 0 saturated heterocycles. The van der Waals surface area contributed by atoms with E-state index < -0.39 is 0 Å². The Labute approximate surface area is 119 Å². The van der Waals surface area contributed by atoms with Crippen molar-refractivity contribution in [2.45, 2.75) is 43.5 Å². The molecular formula is C13H15N3OS2. The van der Waals surface area contributed by atoms with Crippen molar-refractivity contribution in [1.82, 2.24) is 15.0 Å². The fraction of sp³-hybridized carbons (Fsp3) is 0.462. The van der Waals surface area contributed by atoms with Gasteiger partial charge in [0.05, 0.1) is 16.9 Å². The highest BCUT2D eigenvalue weighted by molar-refractivity contribution is 7.98. The molecule has 0 aromatic carbocycles. The highest BCUT2D eigenvalue weighted by Crippen LogP contribution is 2.25. The van der Waals surface area contributed by atoms with Crippen molar-refractivity contribution in [3.8, 4) is 0 Å². The van der Waals surface area contributed by atoms with Gasteiger partial charge in [-0.3, -0.25) is 4.79 Å². The first-order chi connectivity index (χ1) is 9.28. The molecule has 2 aromatic heterocycles. The third-order valence-corrected chi connectivity index (χ3v) is 5.28. The Kier molecular flexibility index (Phi) is 3.70. The zero-order chi connectivity index (χ0) is 13.2.